The van der Waals surface area contributed by atoms with Crippen LogP contribution in [0.2, 0.25) is 0 Å². The number of benzene rings is 1. The molecule has 1 N–H and O–H groups in total. The van der Waals surface area contributed by atoms with Crippen molar-refractivity contribution in [2.45, 2.75) is 69.7 Å². The molecular weight excluding hydrogens is 310 g/mol. The number of nitrogens with one attached hydrogen (secondary N) is 1. The molecule has 6 heteroatoms. The van der Waals surface area contributed by atoms with Crippen LogP contribution in [-0.2, 0) is 30.3 Å². The Morgan fingerprint density at radius 2 is 2.00 bits per heavy atom. The van der Waals surface area contributed by atoms with Crippen LogP contribution in [0.3, 0.4) is 0 Å². The zero-order chi connectivity index (χ0) is 16.7. The Hall–Kier alpha value is -1.47. The van der Waals surface area contributed by atoms with Gasteiger partial charge in [0.25, 0.3) is 5.91 Å². The Labute approximate surface area is 141 Å². The van der Waals surface area contributed by atoms with E-state index in [2.05, 4.69) is 5.32 Å². The van der Waals surface area contributed by atoms with Gasteiger partial charge in [-0.25, -0.2) is 0 Å². The number of hydrogen-bond donors (Lipinski definition) is 1. The van der Waals surface area contributed by atoms with Gasteiger partial charge < -0.3 is 24.3 Å². The standard InChI is InChI=1S/C18H23NO5/c1-18(2)23-15-13(21-10-11-6-4-3-5-7-11)14(22-17(15)24-18)16(20)19-12-8-9-12/h3-7,12-15,17H,8-10H2,1-2H3,(H,19,20)/t13-,14+,15-,17-/m1/s1. The maximum atomic E-state index is 12.5. The van der Waals surface area contributed by atoms with Gasteiger partial charge in [-0.15, -0.1) is 0 Å². The smallest absolute Gasteiger partial charge is 0.252 e. The van der Waals surface area contributed by atoms with Gasteiger partial charge in [-0.2, -0.15) is 0 Å². The molecule has 1 aromatic carbocycles. The van der Waals surface area contributed by atoms with Crippen molar-refractivity contribution in [3.05, 3.63) is 35.9 Å². The molecule has 2 saturated heterocycles. The normalized spacial score (nSPS) is 34.1. The van der Waals surface area contributed by atoms with Crippen molar-refractivity contribution in [1.29, 1.82) is 0 Å². The Morgan fingerprint density at radius 3 is 2.71 bits per heavy atom. The fraction of sp³-hybridized carbons (Fsp3) is 0.611. The molecule has 24 heavy (non-hydrogen) atoms. The molecule has 0 bridgehead atoms. The van der Waals surface area contributed by atoms with Gasteiger partial charge in [0, 0.05) is 6.04 Å². The molecule has 6 nitrogen and oxygen atoms in total. The van der Waals surface area contributed by atoms with E-state index in [0.29, 0.717) is 6.61 Å². The predicted octanol–water partition coefficient (Wildman–Crippen LogP) is 1.73. The Bertz CT molecular complexity index is 601. The number of carbonyl (C=O) groups excluding carboxylic acids is 1. The van der Waals surface area contributed by atoms with Crippen LogP contribution in [0.15, 0.2) is 30.3 Å². The van der Waals surface area contributed by atoms with E-state index in [1.54, 1.807) is 0 Å². The number of ether oxygens (including phenoxy) is 4. The fourth-order valence-corrected chi connectivity index (χ4v) is 3.15. The highest BCUT2D eigenvalue weighted by atomic mass is 16.8. The lowest BCUT2D eigenvalue weighted by Gasteiger charge is -2.25. The molecule has 0 aromatic heterocycles. The molecule has 3 fully saturated rings. The average molecular weight is 333 g/mol. The average Bonchev–Trinajstić information content (AvgIpc) is 3.22. The van der Waals surface area contributed by atoms with E-state index in [-0.39, 0.29) is 11.9 Å². The van der Waals surface area contributed by atoms with Gasteiger partial charge in [-0.3, -0.25) is 4.79 Å². The molecule has 3 aliphatic rings. The third kappa shape index (κ3) is 3.32. The maximum Gasteiger partial charge on any atom is 0.252 e. The highest BCUT2D eigenvalue weighted by Gasteiger charge is 2.57. The molecule has 1 saturated carbocycles. The van der Waals surface area contributed by atoms with Crippen molar-refractivity contribution in [3.63, 3.8) is 0 Å². The molecule has 1 aliphatic carbocycles. The van der Waals surface area contributed by atoms with E-state index in [1.807, 2.05) is 44.2 Å². The lowest BCUT2D eigenvalue weighted by molar-refractivity contribution is -0.219. The number of rotatable bonds is 5. The van der Waals surface area contributed by atoms with Crippen LogP contribution < -0.4 is 5.32 Å². The fourth-order valence-electron chi connectivity index (χ4n) is 3.15. The third-order valence-corrected chi connectivity index (χ3v) is 4.46. The van der Waals surface area contributed by atoms with Gasteiger partial charge in [-0.05, 0) is 32.3 Å². The van der Waals surface area contributed by atoms with Crippen molar-refractivity contribution in [1.82, 2.24) is 5.32 Å². The highest BCUT2D eigenvalue weighted by molar-refractivity contribution is 5.82. The summed E-state index contributed by atoms with van der Waals surface area (Å²) in [7, 11) is 0. The van der Waals surface area contributed by atoms with E-state index in [1.165, 1.54) is 0 Å². The molecule has 1 amide bonds. The Balaban J connectivity index is 1.47. The Morgan fingerprint density at radius 1 is 1.25 bits per heavy atom. The van der Waals surface area contributed by atoms with E-state index < -0.39 is 30.4 Å². The van der Waals surface area contributed by atoms with Gasteiger partial charge in [0.1, 0.15) is 12.2 Å². The second-order valence-electron chi connectivity index (χ2n) is 7.07. The van der Waals surface area contributed by atoms with Crippen LogP contribution in [0.5, 0.6) is 0 Å². The molecule has 4 atom stereocenters. The summed E-state index contributed by atoms with van der Waals surface area (Å²) in [6.07, 6.45) is -0.118. The van der Waals surface area contributed by atoms with Crippen LogP contribution >= 0.6 is 0 Å². The quantitative estimate of drug-likeness (QED) is 0.889. The SMILES string of the molecule is CC1(C)O[C@H]2O[C@H](C(=O)NC3CC3)[C@@H](OCc3ccccc3)[C@H]2O1. The van der Waals surface area contributed by atoms with Gasteiger partial charge in [0.05, 0.1) is 6.61 Å². The van der Waals surface area contributed by atoms with Crippen molar-refractivity contribution in [3.8, 4) is 0 Å². The van der Waals surface area contributed by atoms with Crippen LogP contribution in [0, 0.1) is 0 Å². The minimum absolute atomic E-state index is 0.144. The zero-order valence-electron chi connectivity index (χ0n) is 13.9. The zero-order valence-corrected chi connectivity index (χ0v) is 13.9. The molecule has 0 spiro atoms. The third-order valence-electron chi connectivity index (χ3n) is 4.46. The summed E-state index contributed by atoms with van der Waals surface area (Å²) in [5, 5.41) is 2.98. The number of amides is 1. The van der Waals surface area contributed by atoms with E-state index in [4.69, 9.17) is 18.9 Å². The molecule has 130 valence electrons. The molecular formula is C18H23NO5. The van der Waals surface area contributed by atoms with Crippen LogP contribution in [0.1, 0.15) is 32.3 Å². The molecule has 1 aromatic rings. The van der Waals surface area contributed by atoms with Crippen molar-refractivity contribution in [2.75, 3.05) is 0 Å². The second kappa shape index (κ2) is 6.11. The van der Waals surface area contributed by atoms with Gasteiger partial charge in [0.15, 0.2) is 18.2 Å². The van der Waals surface area contributed by atoms with Crippen molar-refractivity contribution < 1.29 is 23.7 Å². The number of carbonyl (C=O) groups is 1. The first kappa shape index (κ1) is 16.0. The lowest BCUT2D eigenvalue weighted by atomic mass is 10.1. The topological polar surface area (TPSA) is 66.0 Å². The first-order valence-corrected chi connectivity index (χ1v) is 8.49. The summed E-state index contributed by atoms with van der Waals surface area (Å²) in [6.45, 7) is 4.07. The Kier molecular flexibility index (Phi) is 4.08. The van der Waals surface area contributed by atoms with E-state index >= 15 is 0 Å². The predicted molar refractivity (Wildman–Crippen MR) is 84.9 cm³/mol. The van der Waals surface area contributed by atoms with Crippen LogP contribution in [0.25, 0.3) is 0 Å². The molecule has 4 rings (SSSR count). The first-order chi connectivity index (χ1) is 11.5. The summed E-state index contributed by atoms with van der Waals surface area (Å²) in [4.78, 5) is 12.5. The van der Waals surface area contributed by atoms with Gasteiger partial charge in [0.2, 0.25) is 0 Å². The molecule has 2 heterocycles. The van der Waals surface area contributed by atoms with Crippen LogP contribution in [0.4, 0.5) is 0 Å². The minimum atomic E-state index is -0.734. The summed E-state index contributed by atoms with van der Waals surface area (Å²) in [6, 6.07) is 10.1. The summed E-state index contributed by atoms with van der Waals surface area (Å²) < 4.78 is 23.5. The van der Waals surface area contributed by atoms with E-state index in [0.717, 1.165) is 18.4 Å². The minimum Gasteiger partial charge on any atom is -0.367 e. The van der Waals surface area contributed by atoms with Crippen molar-refractivity contribution >= 4 is 5.91 Å². The van der Waals surface area contributed by atoms with Gasteiger partial charge in [-0.1, -0.05) is 30.3 Å². The molecule has 0 radical (unpaired) electrons. The largest absolute Gasteiger partial charge is 0.367 e. The second-order valence-corrected chi connectivity index (χ2v) is 7.07. The lowest BCUT2D eigenvalue weighted by Crippen LogP contribution is -2.46. The van der Waals surface area contributed by atoms with Crippen LogP contribution in [-0.4, -0.2) is 42.3 Å². The molecule has 2 aliphatic heterocycles. The summed E-state index contributed by atoms with van der Waals surface area (Å²) in [5.74, 6) is -0.878. The number of hydrogen-bond acceptors (Lipinski definition) is 5. The summed E-state index contributed by atoms with van der Waals surface area (Å²) in [5.41, 5.74) is 1.04. The highest BCUT2D eigenvalue weighted by Crippen LogP contribution is 2.39. The molecule has 0 unspecified atom stereocenters. The van der Waals surface area contributed by atoms with Gasteiger partial charge >= 0.3 is 0 Å². The summed E-state index contributed by atoms with van der Waals surface area (Å²) >= 11 is 0. The van der Waals surface area contributed by atoms with E-state index in [9.17, 15) is 4.79 Å². The van der Waals surface area contributed by atoms with Crippen molar-refractivity contribution in [2.24, 2.45) is 0 Å². The monoisotopic (exact) mass is 333 g/mol. The first-order valence-electron chi connectivity index (χ1n) is 8.49. The number of fused-ring (bicyclic) bond motifs is 1. The maximum absolute atomic E-state index is 12.5.